The molecule has 0 amide bonds. The van der Waals surface area contributed by atoms with Gasteiger partial charge in [0.2, 0.25) is 5.89 Å². The van der Waals surface area contributed by atoms with Crippen molar-refractivity contribution in [3.05, 3.63) is 69.0 Å². The van der Waals surface area contributed by atoms with Crippen molar-refractivity contribution in [2.75, 3.05) is 0 Å². The number of halogens is 3. The molecule has 0 spiro atoms. The fraction of sp³-hybridized carbons (Fsp3) is 0.190. The second kappa shape index (κ2) is 7.82. The normalized spacial score (nSPS) is 11.4. The van der Waals surface area contributed by atoms with E-state index in [1.54, 1.807) is 16.8 Å². The van der Waals surface area contributed by atoms with Gasteiger partial charge in [0.15, 0.2) is 5.69 Å². The molecular formula is C21H17Cl3N4O. The van der Waals surface area contributed by atoms with E-state index in [0.717, 1.165) is 16.8 Å². The summed E-state index contributed by atoms with van der Waals surface area (Å²) in [7, 11) is 0. The van der Waals surface area contributed by atoms with E-state index < -0.39 is 0 Å². The summed E-state index contributed by atoms with van der Waals surface area (Å²) in [6.45, 7) is 5.95. The highest BCUT2D eigenvalue weighted by Gasteiger charge is 2.24. The third-order valence-corrected chi connectivity index (χ3v) is 5.30. The lowest BCUT2D eigenvalue weighted by Gasteiger charge is -2.11. The summed E-state index contributed by atoms with van der Waals surface area (Å²) in [4.78, 5) is 0. The Morgan fingerprint density at radius 3 is 2.24 bits per heavy atom. The molecule has 0 aliphatic heterocycles. The maximum atomic E-state index is 6.48. The third-order valence-electron chi connectivity index (χ3n) is 4.51. The quantitative estimate of drug-likeness (QED) is 0.338. The molecule has 0 bridgehead atoms. The van der Waals surface area contributed by atoms with Gasteiger partial charge in [0, 0.05) is 27.1 Å². The van der Waals surface area contributed by atoms with Crippen LogP contribution in [0.25, 0.3) is 28.5 Å². The molecule has 0 radical (unpaired) electrons. The maximum Gasteiger partial charge on any atom is 0.268 e. The molecule has 0 fully saturated rings. The first kappa shape index (κ1) is 20.0. The lowest BCUT2D eigenvalue weighted by Crippen LogP contribution is -2.00. The van der Waals surface area contributed by atoms with Crippen LogP contribution in [0.2, 0.25) is 15.1 Å². The lowest BCUT2D eigenvalue weighted by molar-refractivity contribution is 0.479. The molecule has 0 N–H and O–H groups in total. The molecule has 4 aromatic rings. The SMILES string of the molecule is Cc1c(-c2nnc(C(C)C)o2)nn(-c2ccc(Cl)cc2Cl)c1-c1ccc(Cl)cc1. The van der Waals surface area contributed by atoms with Crippen molar-refractivity contribution in [1.29, 1.82) is 0 Å². The summed E-state index contributed by atoms with van der Waals surface area (Å²) < 4.78 is 7.62. The predicted octanol–water partition coefficient (Wildman–Crippen LogP) is 6.98. The monoisotopic (exact) mass is 446 g/mol. The van der Waals surface area contributed by atoms with Crippen LogP contribution in [0.15, 0.2) is 46.9 Å². The Morgan fingerprint density at radius 2 is 1.62 bits per heavy atom. The van der Waals surface area contributed by atoms with Crippen LogP contribution in [0.4, 0.5) is 0 Å². The van der Waals surface area contributed by atoms with Crippen molar-refractivity contribution < 1.29 is 4.42 Å². The maximum absolute atomic E-state index is 6.48. The van der Waals surface area contributed by atoms with Crippen molar-refractivity contribution >= 4 is 34.8 Å². The fourth-order valence-electron chi connectivity index (χ4n) is 3.04. The van der Waals surface area contributed by atoms with Gasteiger partial charge in [0.25, 0.3) is 5.89 Å². The predicted molar refractivity (Wildman–Crippen MR) is 116 cm³/mol. The van der Waals surface area contributed by atoms with Gasteiger partial charge in [-0.15, -0.1) is 10.2 Å². The molecule has 4 rings (SSSR count). The Morgan fingerprint density at radius 1 is 0.931 bits per heavy atom. The first-order chi connectivity index (χ1) is 13.8. The molecule has 0 saturated heterocycles. The van der Waals surface area contributed by atoms with Gasteiger partial charge in [-0.2, -0.15) is 5.10 Å². The number of aromatic nitrogens is 4. The highest BCUT2D eigenvalue weighted by molar-refractivity contribution is 6.35. The summed E-state index contributed by atoms with van der Waals surface area (Å²) >= 11 is 18.6. The van der Waals surface area contributed by atoms with Gasteiger partial charge in [0.05, 0.1) is 16.4 Å². The van der Waals surface area contributed by atoms with Gasteiger partial charge in [-0.25, -0.2) is 4.68 Å². The minimum Gasteiger partial charge on any atom is -0.419 e. The summed E-state index contributed by atoms with van der Waals surface area (Å²) in [5, 5.41) is 14.8. The molecule has 0 unspecified atom stereocenters. The number of hydrogen-bond acceptors (Lipinski definition) is 4. The smallest absolute Gasteiger partial charge is 0.268 e. The molecular weight excluding hydrogens is 431 g/mol. The number of rotatable bonds is 4. The van der Waals surface area contributed by atoms with Gasteiger partial charge in [-0.1, -0.05) is 60.8 Å². The second-order valence-corrected chi connectivity index (χ2v) is 8.22. The Bertz CT molecular complexity index is 1180. The number of nitrogens with zero attached hydrogens (tertiary/aromatic N) is 4. The van der Waals surface area contributed by atoms with Crippen molar-refractivity contribution in [3.63, 3.8) is 0 Å². The minimum atomic E-state index is 0.125. The number of hydrogen-bond donors (Lipinski definition) is 0. The zero-order valence-electron chi connectivity index (χ0n) is 15.9. The first-order valence-corrected chi connectivity index (χ1v) is 10.1. The van der Waals surface area contributed by atoms with Gasteiger partial charge in [0.1, 0.15) is 0 Å². The molecule has 2 heterocycles. The highest BCUT2D eigenvalue weighted by atomic mass is 35.5. The molecule has 0 saturated carbocycles. The standard InChI is InChI=1S/C21H17Cl3N4O/c1-11(2)20-25-26-21(29-20)18-12(3)19(13-4-6-14(22)7-5-13)28(27-18)17-9-8-15(23)10-16(17)24/h4-11H,1-3H3. The molecule has 5 nitrogen and oxygen atoms in total. The van der Waals surface area contributed by atoms with E-state index in [1.165, 1.54) is 0 Å². The summed E-state index contributed by atoms with van der Waals surface area (Å²) in [5.41, 5.74) is 3.96. The summed E-state index contributed by atoms with van der Waals surface area (Å²) in [6, 6.07) is 12.8. The molecule has 0 aliphatic rings. The van der Waals surface area contributed by atoms with Gasteiger partial charge in [-0.05, 0) is 37.3 Å². The Hall–Kier alpha value is -2.34. The van der Waals surface area contributed by atoms with Crippen LogP contribution < -0.4 is 0 Å². The van der Waals surface area contributed by atoms with E-state index in [1.807, 2.05) is 51.1 Å². The molecule has 2 aromatic heterocycles. The van der Waals surface area contributed by atoms with E-state index in [0.29, 0.717) is 38.2 Å². The zero-order chi connectivity index (χ0) is 20.7. The summed E-state index contributed by atoms with van der Waals surface area (Å²) in [6.07, 6.45) is 0. The van der Waals surface area contributed by atoms with Crippen LogP contribution in [0, 0.1) is 6.92 Å². The van der Waals surface area contributed by atoms with E-state index in [9.17, 15) is 0 Å². The minimum absolute atomic E-state index is 0.125. The van der Waals surface area contributed by atoms with E-state index in [4.69, 9.17) is 44.3 Å². The topological polar surface area (TPSA) is 56.7 Å². The third kappa shape index (κ3) is 3.78. The van der Waals surface area contributed by atoms with Crippen LogP contribution in [-0.4, -0.2) is 20.0 Å². The summed E-state index contributed by atoms with van der Waals surface area (Å²) in [5.74, 6) is 1.05. The Kier molecular flexibility index (Phi) is 5.38. The van der Waals surface area contributed by atoms with Crippen molar-refractivity contribution in [3.8, 4) is 28.5 Å². The molecule has 2 aromatic carbocycles. The van der Waals surface area contributed by atoms with Crippen LogP contribution in [0.3, 0.4) is 0 Å². The van der Waals surface area contributed by atoms with Gasteiger partial charge in [-0.3, -0.25) is 0 Å². The first-order valence-electron chi connectivity index (χ1n) is 9.00. The van der Waals surface area contributed by atoms with Crippen LogP contribution >= 0.6 is 34.8 Å². The van der Waals surface area contributed by atoms with Gasteiger partial charge < -0.3 is 4.42 Å². The van der Waals surface area contributed by atoms with E-state index in [2.05, 4.69) is 10.2 Å². The molecule has 8 heteroatoms. The van der Waals surface area contributed by atoms with Crippen LogP contribution in [0.1, 0.15) is 31.2 Å². The lowest BCUT2D eigenvalue weighted by atomic mass is 10.1. The Balaban J connectivity index is 1.96. The second-order valence-electron chi connectivity index (χ2n) is 6.94. The average molecular weight is 448 g/mol. The molecule has 0 atom stereocenters. The van der Waals surface area contributed by atoms with E-state index >= 15 is 0 Å². The average Bonchev–Trinajstić information content (AvgIpc) is 3.28. The highest BCUT2D eigenvalue weighted by Crippen LogP contribution is 2.36. The van der Waals surface area contributed by atoms with Crippen molar-refractivity contribution in [2.45, 2.75) is 26.7 Å². The van der Waals surface area contributed by atoms with Crippen LogP contribution in [-0.2, 0) is 0 Å². The zero-order valence-corrected chi connectivity index (χ0v) is 18.2. The molecule has 29 heavy (non-hydrogen) atoms. The van der Waals surface area contributed by atoms with Crippen molar-refractivity contribution in [1.82, 2.24) is 20.0 Å². The molecule has 148 valence electrons. The largest absolute Gasteiger partial charge is 0.419 e. The van der Waals surface area contributed by atoms with Gasteiger partial charge >= 0.3 is 0 Å². The Labute approximate surface area is 183 Å². The number of benzene rings is 2. The van der Waals surface area contributed by atoms with Crippen molar-refractivity contribution in [2.24, 2.45) is 0 Å². The van der Waals surface area contributed by atoms with E-state index in [-0.39, 0.29) is 5.92 Å². The fourth-order valence-corrected chi connectivity index (χ4v) is 3.65. The molecule has 0 aliphatic carbocycles. The van der Waals surface area contributed by atoms with Crippen LogP contribution in [0.5, 0.6) is 0 Å².